The normalized spacial score (nSPS) is 11.3. The second-order valence-corrected chi connectivity index (χ2v) is 9.37. The Hall–Kier alpha value is -1.87. The van der Waals surface area contributed by atoms with Crippen molar-refractivity contribution < 1.29 is 4.79 Å². The molecular weight excluding hydrogens is 420 g/mol. The van der Waals surface area contributed by atoms with Gasteiger partial charge in [0.1, 0.15) is 5.82 Å². The highest BCUT2D eigenvalue weighted by Gasteiger charge is 2.27. The van der Waals surface area contributed by atoms with Crippen molar-refractivity contribution in [3.05, 3.63) is 41.6 Å². The summed E-state index contributed by atoms with van der Waals surface area (Å²) in [5.74, 6) is -0.0544. The SMILES string of the molecule is CC(C)CN(C(=O)c1ccc(Br)s1)c1c(N)n(CC(C)C)c(=O)[nH]c1=O. The highest BCUT2D eigenvalue weighted by Crippen LogP contribution is 2.27. The van der Waals surface area contributed by atoms with Gasteiger partial charge in [0.25, 0.3) is 11.5 Å². The van der Waals surface area contributed by atoms with Crippen molar-refractivity contribution in [2.45, 2.75) is 34.2 Å². The monoisotopic (exact) mass is 442 g/mol. The van der Waals surface area contributed by atoms with Crippen molar-refractivity contribution in [3.63, 3.8) is 0 Å². The molecule has 142 valence electrons. The quantitative estimate of drug-likeness (QED) is 0.717. The molecule has 0 aliphatic rings. The fourth-order valence-electron chi connectivity index (χ4n) is 2.59. The predicted octanol–water partition coefficient (Wildman–Crippen LogP) is 2.90. The Kier molecular flexibility index (Phi) is 6.46. The van der Waals surface area contributed by atoms with Gasteiger partial charge >= 0.3 is 5.69 Å². The molecule has 0 aromatic carbocycles. The zero-order valence-corrected chi connectivity index (χ0v) is 17.6. The molecule has 0 saturated heterocycles. The molecule has 0 radical (unpaired) electrons. The van der Waals surface area contributed by atoms with E-state index in [-0.39, 0.29) is 29.2 Å². The summed E-state index contributed by atoms with van der Waals surface area (Å²) in [5, 5.41) is 0. The van der Waals surface area contributed by atoms with Crippen molar-refractivity contribution in [1.82, 2.24) is 9.55 Å². The van der Waals surface area contributed by atoms with Gasteiger partial charge in [-0.2, -0.15) is 0 Å². The average Bonchev–Trinajstić information content (AvgIpc) is 2.95. The van der Waals surface area contributed by atoms with Gasteiger partial charge in [0.05, 0.1) is 8.66 Å². The van der Waals surface area contributed by atoms with Crippen LogP contribution in [0.15, 0.2) is 25.5 Å². The first-order valence-electron chi connectivity index (χ1n) is 8.31. The third kappa shape index (κ3) is 4.45. The Morgan fingerprint density at radius 2 is 1.92 bits per heavy atom. The molecule has 1 amide bonds. The number of nitrogens with zero attached hydrogens (tertiary/aromatic N) is 2. The summed E-state index contributed by atoms with van der Waals surface area (Å²) in [5.41, 5.74) is 4.97. The topological polar surface area (TPSA) is 101 Å². The number of hydrogen-bond donors (Lipinski definition) is 2. The molecule has 26 heavy (non-hydrogen) atoms. The lowest BCUT2D eigenvalue weighted by Crippen LogP contribution is -2.42. The summed E-state index contributed by atoms with van der Waals surface area (Å²) in [4.78, 5) is 41.9. The average molecular weight is 443 g/mol. The van der Waals surface area contributed by atoms with Gasteiger partial charge < -0.3 is 5.73 Å². The van der Waals surface area contributed by atoms with Crippen LogP contribution in [0.4, 0.5) is 11.5 Å². The van der Waals surface area contributed by atoms with E-state index in [1.165, 1.54) is 20.8 Å². The van der Waals surface area contributed by atoms with Crippen LogP contribution < -0.4 is 21.9 Å². The third-order valence-electron chi connectivity index (χ3n) is 3.61. The van der Waals surface area contributed by atoms with Crippen LogP contribution in [0.2, 0.25) is 0 Å². The number of carbonyl (C=O) groups is 1. The number of halogens is 1. The number of rotatable bonds is 6. The molecule has 2 aromatic heterocycles. The van der Waals surface area contributed by atoms with E-state index < -0.39 is 11.2 Å². The highest BCUT2D eigenvalue weighted by molar-refractivity contribution is 9.11. The van der Waals surface area contributed by atoms with Crippen LogP contribution in [-0.4, -0.2) is 22.0 Å². The molecule has 0 aliphatic carbocycles. The standard InChI is InChI=1S/C17H23BrN4O3S/c1-9(2)7-21(16(24)11-5-6-12(18)26-11)13-14(19)22(8-10(3)4)17(25)20-15(13)23/h5-6,9-10H,7-8,19H2,1-4H3,(H,20,23,25). The second-order valence-electron chi connectivity index (χ2n) is 6.91. The summed E-state index contributed by atoms with van der Waals surface area (Å²) in [6.07, 6.45) is 0. The summed E-state index contributed by atoms with van der Waals surface area (Å²) in [7, 11) is 0. The van der Waals surface area contributed by atoms with Gasteiger partial charge in [0, 0.05) is 13.1 Å². The lowest BCUT2D eigenvalue weighted by molar-refractivity contribution is 0.0987. The van der Waals surface area contributed by atoms with Crippen molar-refractivity contribution in [3.8, 4) is 0 Å². The number of carbonyl (C=O) groups excluding carboxylic acids is 1. The highest BCUT2D eigenvalue weighted by atomic mass is 79.9. The number of thiophene rings is 1. The summed E-state index contributed by atoms with van der Waals surface area (Å²) in [6, 6.07) is 3.47. The van der Waals surface area contributed by atoms with Crippen LogP contribution in [0.1, 0.15) is 37.4 Å². The molecule has 3 N–H and O–H groups in total. The van der Waals surface area contributed by atoms with Crippen molar-refractivity contribution >= 4 is 44.7 Å². The molecular formula is C17H23BrN4O3S. The van der Waals surface area contributed by atoms with Crippen LogP contribution >= 0.6 is 27.3 Å². The molecule has 0 bridgehead atoms. The molecule has 0 saturated carbocycles. The van der Waals surface area contributed by atoms with E-state index in [1.807, 2.05) is 27.7 Å². The predicted molar refractivity (Wildman–Crippen MR) is 109 cm³/mol. The van der Waals surface area contributed by atoms with Gasteiger partial charge in [0.15, 0.2) is 5.69 Å². The Bertz CT molecular complexity index is 913. The van der Waals surface area contributed by atoms with Gasteiger partial charge in [-0.1, -0.05) is 27.7 Å². The van der Waals surface area contributed by atoms with E-state index in [0.29, 0.717) is 18.0 Å². The number of H-pyrrole nitrogens is 1. The first kappa shape index (κ1) is 20.4. The zero-order chi connectivity index (χ0) is 19.6. The minimum atomic E-state index is -0.655. The number of hydrogen-bond acceptors (Lipinski definition) is 5. The molecule has 0 unspecified atom stereocenters. The van der Waals surface area contributed by atoms with Crippen LogP contribution in [0.25, 0.3) is 0 Å². The molecule has 0 aliphatic heterocycles. The number of aromatic nitrogens is 2. The van der Waals surface area contributed by atoms with Crippen LogP contribution in [0, 0.1) is 11.8 Å². The Labute approximate surface area is 164 Å². The molecule has 2 rings (SSSR count). The largest absolute Gasteiger partial charge is 0.383 e. The van der Waals surface area contributed by atoms with Gasteiger partial charge in [-0.3, -0.25) is 24.0 Å². The first-order chi connectivity index (χ1) is 12.1. The molecule has 0 fully saturated rings. The Morgan fingerprint density at radius 3 is 2.42 bits per heavy atom. The van der Waals surface area contributed by atoms with Crippen molar-refractivity contribution in [2.75, 3.05) is 17.2 Å². The third-order valence-corrected chi connectivity index (χ3v) is 5.22. The van der Waals surface area contributed by atoms with E-state index in [1.54, 1.807) is 12.1 Å². The molecule has 0 spiro atoms. The molecule has 7 nitrogen and oxygen atoms in total. The number of nitrogens with one attached hydrogen (secondary N) is 1. The molecule has 0 atom stereocenters. The minimum absolute atomic E-state index is 0.0112. The fraction of sp³-hybridized carbons (Fsp3) is 0.471. The van der Waals surface area contributed by atoms with Crippen molar-refractivity contribution in [1.29, 1.82) is 0 Å². The van der Waals surface area contributed by atoms with E-state index in [2.05, 4.69) is 20.9 Å². The number of amides is 1. The Balaban J connectivity index is 2.63. The van der Waals surface area contributed by atoms with E-state index in [0.717, 1.165) is 3.79 Å². The number of nitrogen functional groups attached to an aromatic ring is 1. The van der Waals surface area contributed by atoms with E-state index in [4.69, 9.17) is 5.73 Å². The molecule has 9 heteroatoms. The smallest absolute Gasteiger partial charge is 0.330 e. The van der Waals surface area contributed by atoms with Crippen LogP contribution in [0.3, 0.4) is 0 Å². The summed E-state index contributed by atoms with van der Waals surface area (Å²) in [6.45, 7) is 8.43. The fourth-order valence-corrected chi connectivity index (χ4v) is 3.92. The maximum Gasteiger partial charge on any atom is 0.330 e. The van der Waals surface area contributed by atoms with Gasteiger partial charge in [-0.25, -0.2) is 4.79 Å². The first-order valence-corrected chi connectivity index (χ1v) is 9.92. The molecule has 2 heterocycles. The maximum atomic E-state index is 13.0. The second kappa shape index (κ2) is 8.22. The van der Waals surface area contributed by atoms with Gasteiger partial charge in [-0.05, 0) is 39.9 Å². The lowest BCUT2D eigenvalue weighted by atomic mass is 10.2. The minimum Gasteiger partial charge on any atom is -0.383 e. The van der Waals surface area contributed by atoms with Gasteiger partial charge in [-0.15, -0.1) is 11.3 Å². The van der Waals surface area contributed by atoms with Gasteiger partial charge in [0.2, 0.25) is 0 Å². The summed E-state index contributed by atoms with van der Waals surface area (Å²) < 4.78 is 2.13. The number of anilines is 2. The lowest BCUT2D eigenvalue weighted by Gasteiger charge is -2.26. The van der Waals surface area contributed by atoms with Crippen LogP contribution in [-0.2, 0) is 6.54 Å². The Morgan fingerprint density at radius 1 is 1.27 bits per heavy atom. The van der Waals surface area contributed by atoms with E-state index in [9.17, 15) is 14.4 Å². The van der Waals surface area contributed by atoms with E-state index >= 15 is 0 Å². The van der Waals surface area contributed by atoms with Crippen LogP contribution in [0.5, 0.6) is 0 Å². The molecule has 2 aromatic rings. The zero-order valence-electron chi connectivity index (χ0n) is 15.2. The van der Waals surface area contributed by atoms with Crippen molar-refractivity contribution in [2.24, 2.45) is 11.8 Å². The summed E-state index contributed by atoms with van der Waals surface area (Å²) >= 11 is 4.62. The number of aromatic amines is 1. The maximum absolute atomic E-state index is 13.0. The number of nitrogens with two attached hydrogens (primary N) is 1.